The number of carbonyl (C=O) groups is 4. The molecular weight excluding hydrogens is 378 g/mol. The van der Waals surface area contributed by atoms with Gasteiger partial charge in [-0.05, 0) is 37.3 Å². The molecular formula is C21H19NO7. The minimum atomic E-state index is -1.18. The van der Waals surface area contributed by atoms with Crippen molar-refractivity contribution in [1.82, 2.24) is 4.90 Å². The number of nitrogens with zero attached hydrogens (tertiary/aromatic N) is 1. The van der Waals surface area contributed by atoms with Gasteiger partial charge in [0.25, 0.3) is 11.8 Å². The van der Waals surface area contributed by atoms with Gasteiger partial charge < -0.3 is 14.2 Å². The van der Waals surface area contributed by atoms with Crippen molar-refractivity contribution >= 4 is 23.6 Å². The van der Waals surface area contributed by atoms with E-state index in [0.717, 1.165) is 4.90 Å². The molecule has 2 aromatic carbocycles. The van der Waals surface area contributed by atoms with Crippen LogP contribution in [-0.4, -0.2) is 55.3 Å². The van der Waals surface area contributed by atoms with Crippen LogP contribution in [0.1, 0.15) is 38.0 Å². The first-order valence-corrected chi connectivity index (χ1v) is 8.77. The molecule has 2 amide bonds. The van der Waals surface area contributed by atoms with Crippen LogP contribution in [-0.2, 0) is 9.53 Å². The molecule has 1 aliphatic rings. The van der Waals surface area contributed by atoms with Crippen LogP contribution >= 0.6 is 0 Å². The molecule has 0 radical (unpaired) electrons. The third-order valence-corrected chi connectivity index (χ3v) is 4.61. The van der Waals surface area contributed by atoms with E-state index in [2.05, 4.69) is 0 Å². The summed E-state index contributed by atoms with van der Waals surface area (Å²) in [4.78, 5) is 50.7. The number of fused-ring (bicyclic) bond motifs is 1. The Morgan fingerprint density at radius 1 is 0.966 bits per heavy atom. The zero-order chi connectivity index (χ0) is 21.1. The van der Waals surface area contributed by atoms with Gasteiger partial charge in [0.15, 0.2) is 6.61 Å². The fourth-order valence-electron chi connectivity index (χ4n) is 3.03. The van der Waals surface area contributed by atoms with Crippen molar-refractivity contribution in [2.45, 2.75) is 13.0 Å². The minimum absolute atomic E-state index is 0.188. The highest BCUT2D eigenvalue weighted by Gasteiger charge is 2.41. The predicted octanol–water partition coefficient (Wildman–Crippen LogP) is 2.11. The number of hydrogen-bond donors (Lipinski definition) is 0. The SMILES string of the molecule is COc1ccc(OC)c(C(=O)COC(=O)[C@H](C)N2C(=O)c3ccccc3C2=O)c1. The van der Waals surface area contributed by atoms with Gasteiger partial charge in [-0.15, -0.1) is 0 Å². The Morgan fingerprint density at radius 2 is 1.59 bits per heavy atom. The first kappa shape index (κ1) is 20.1. The van der Waals surface area contributed by atoms with E-state index in [1.165, 1.54) is 39.3 Å². The molecule has 8 heteroatoms. The highest BCUT2D eigenvalue weighted by atomic mass is 16.5. The van der Waals surface area contributed by atoms with E-state index in [4.69, 9.17) is 14.2 Å². The lowest BCUT2D eigenvalue weighted by atomic mass is 10.1. The summed E-state index contributed by atoms with van der Waals surface area (Å²) in [6.45, 7) is 0.802. The topological polar surface area (TPSA) is 99.2 Å². The Labute approximate surface area is 167 Å². The number of ketones is 1. The first-order chi connectivity index (χ1) is 13.9. The maximum atomic E-state index is 12.5. The lowest BCUT2D eigenvalue weighted by Gasteiger charge is -2.20. The molecule has 0 bridgehead atoms. The van der Waals surface area contributed by atoms with Crippen LogP contribution in [0.25, 0.3) is 0 Å². The number of esters is 1. The molecule has 0 spiro atoms. The van der Waals surface area contributed by atoms with Crippen molar-refractivity contribution in [2.75, 3.05) is 20.8 Å². The van der Waals surface area contributed by atoms with Gasteiger partial charge in [-0.3, -0.25) is 19.3 Å². The second-order valence-corrected chi connectivity index (χ2v) is 6.30. The van der Waals surface area contributed by atoms with E-state index >= 15 is 0 Å². The highest BCUT2D eigenvalue weighted by molar-refractivity contribution is 6.22. The van der Waals surface area contributed by atoms with Gasteiger partial charge in [-0.25, -0.2) is 4.79 Å². The van der Waals surface area contributed by atoms with Crippen molar-refractivity contribution in [3.05, 3.63) is 59.2 Å². The zero-order valence-corrected chi connectivity index (χ0v) is 16.1. The molecule has 0 N–H and O–H groups in total. The van der Waals surface area contributed by atoms with Crippen LogP contribution in [0.3, 0.4) is 0 Å². The molecule has 29 heavy (non-hydrogen) atoms. The third-order valence-electron chi connectivity index (χ3n) is 4.61. The number of ether oxygens (including phenoxy) is 3. The Balaban J connectivity index is 1.69. The molecule has 0 aromatic heterocycles. The summed E-state index contributed by atoms with van der Waals surface area (Å²) in [5, 5.41) is 0. The number of amides is 2. The van der Waals surface area contributed by atoms with Crippen molar-refractivity contribution in [3.63, 3.8) is 0 Å². The molecule has 1 aliphatic heterocycles. The maximum Gasteiger partial charge on any atom is 0.329 e. The summed E-state index contributed by atoms with van der Waals surface area (Å²) in [6.07, 6.45) is 0. The van der Waals surface area contributed by atoms with Crippen LogP contribution in [0, 0.1) is 0 Å². The highest BCUT2D eigenvalue weighted by Crippen LogP contribution is 2.26. The number of rotatable bonds is 7. The lowest BCUT2D eigenvalue weighted by Crippen LogP contribution is -2.44. The van der Waals surface area contributed by atoms with Gasteiger partial charge in [-0.2, -0.15) is 0 Å². The normalized spacial score (nSPS) is 13.7. The Kier molecular flexibility index (Phi) is 5.63. The Hall–Kier alpha value is -3.68. The number of benzene rings is 2. The van der Waals surface area contributed by atoms with Crippen molar-refractivity contribution in [3.8, 4) is 11.5 Å². The van der Waals surface area contributed by atoms with Gasteiger partial charge in [0.2, 0.25) is 5.78 Å². The zero-order valence-electron chi connectivity index (χ0n) is 16.1. The van der Waals surface area contributed by atoms with E-state index in [0.29, 0.717) is 11.5 Å². The fraction of sp³-hybridized carbons (Fsp3) is 0.238. The van der Waals surface area contributed by atoms with Crippen LogP contribution < -0.4 is 9.47 Å². The van der Waals surface area contributed by atoms with E-state index in [9.17, 15) is 19.2 Å². The second kappa shape index (κ2) is 8.14. The number of methoxy groups -OCH3 is 2. The van der Waals surface area contributed by atoms with Gasteiger partial charge in [0, 0.05) is 0 Å². The Bertz CT molecular complexity index is 963. The van der Waals surface area contributed by atoms with Crippen molar-refractivity contribution < 1.29 is 33.4 Å². The van der Waals surface area contributed by atoms with E-state index in [-0.39, 0.29) is 16.7 Å². The summed E-state index contributed by atoms with van der Waals surface area (Å²) in [5.41, 5.74) is 0.650. The first-order valence-electron chi connectivity index (χ1n) is 8.77. The van der Waals surface area contributed by atoms with Crippen molar-refractivity contribution in [2.24, 2.45) is 0 Å². The molecule has 0 unspecified atom stereocenters. The van der Waals surface area contributed by atoms with Gasteiger partial charge in [0.05, 0.1) is 30.9 Å². The third kappa shape index (κ3) is 3.69. The predicted molar refractivity (Wildman–Crippen MR) is 101 cm³/mol. The summed E-state index contributed by atoms with van der Waals surface area (Å²) in [7, 11) is 2.87. The van der Waals surface area contributed by atoms with Gasteiger partial charge in [-0.1, -0.05) is 12.1 Å². The Morgan fingerprint density at radius 3 is 2.14 bits per heavy atom. The molecule has 1 heterocycles. The number of Topliss-reactive ketones (excluding diaryl/α,β-unsaturated/α-hetero) is 1. The van der Waals surface area contributed by atoms with Gasteiger partial charge >= 0.3 is 5.97 Å². The average Bonchev–Trinajstić information content (AvgIpc) is 3.01. The lowest BCUT2D eigenvalue weighted by molar-refractivity contribution is -0.146. The quantitative estimate of drug-likeness (QED) is 0.401. The number of hydrogen-bond acceptors (Lipinski definition) is 7. The van der Waals surface area contributed by atoms with Crippen LogP contribution in [0.2, 0.25) is 0 Å². The second-order valence-electron chi connectivity index (χ2n) is 6.30. The summed E-state index contributed by atoms with van der Waals surface area (Å²) in [5.74, 6) is -1.77. The van der Waals surface area contributed by atoms with E-state index < -0.39 is 36.2 Å². The van der Waals surface area contributed by atoms with E-state index in [1.54, 1.807) is 24.3 Å². The van der Waals surface area contributed by atoms with Crippen LogP contribution in [0.4, 0.5) is 0 Å². The average molecular weight is 397 g/mol. The minimum Gasteiger partial charge on any atom is -0.497 e. The van der Waals surface area contributed by atoms with Crippen molar-refractivity contribution in [1.29, 1.82) is 0 Å². The molecule has 0 aliphatic carbocycles. The van der Waals surface area contributed by atoms with Gasteiger partial charge in [0.1, 0.15) is 17.5 Å². The summed E-state index contributed by atoms with van der Waals surface area (Å²) < 4.78 is 15.3. The number of carbonyl (C=O) groups excluding carboxylic acids is 4. The van der Waals surface area contributed by atoms with Crippen LogP contribution in [0.15, 0.2) is 42.5 Å². The standard InChI is InChI=1S/C21H19NO7/c1-12(22-19(24)14-6-4-5-7-15(14)20(22)25)21(26)29-11-17(23)16-10-13(27-2)8-9-18(16)28-3/h4-10,12H,11H2,1-3H3/t12-/m0/s1. The summed E-state index contributed by atoms with van der Waals surface area (Å²) in [6, 6.07) is 9.80. The molecule has 0 saturated carbocycles. The summed E-state index contributed by atoms with van der Waals surface area (Å²) >= 11 is 0. The van der Waals surface area contributed by atoms with E-state index in [1.807, 2.05) is 0 Å². The fourth-order valence-corrected chi connectivity index (χ4v) is 3.03. The molecule has 0 saturated heterocycles. The molecule has 8 nitrogen and oxygen atoms in total. The molecule has 1 atom stereocenters. The maximum absolute atomic E-state index is 12.5. The molecule has 3 rings (SSSR count). The monoisotopic (exact) mass is 397 g/mol. The van der Waals surface area contributed by atoms with Crippen LogP contribution in [0.5, 0.6) is 11.5 Å². The molecule has 150 valence electrons. The number of imide groups is 1. The molecule has 2 aromatic rings. The molecule has 0 fully saturated rings. The smallest absolute Gasteiger partial charge is 0.329 e. The largest absolute Gasteiger partial charge is 0.497 e.